The lowest BCUT2D eigenvalue weighted by molar-refractivity contribution is 0.0193. The number of anilines is 1. The summed E-state index contributed by atoms with van der Waals surface area (Å²) in [4.78, 5) is 6.41. The van der Waals surface area contributed by atoms with Gasteiger partial charge in [-0.25, -0.2) is 4.98 Å². The minimum Gasteiger partial charge on any atom is -0.385 e. The van der Waals surface area contributed by atoms with Gasteiger partial charge in [-0.15, -0.1) is 0 Å². The first kappa shape index (κ1) is 12.3. The maximum atomic E-state index is 10.9. The van der Waals surface area contributed by atoms with Crippen molar-refractivity contribution in [1.82, 2.24) is 4.98 Å². The number of aliphatic hydroxyl groups is 1. The largest absolute Gasteiger partial charge is 0.385 e. The van der Waals surface area contributed by atoms with Crippen molar-refractivity contribution in [3.05, 3.63) is 23.9 Å². The summed E-state index contributed by atoms with van der Waals surface area (Å²) in [7, 11) is 3.96. The smallest absolute Gasteiger partial charge is 0.127 e. The van der Waals surface area contributed by atoms with Gasteiger partial charge in [0.2, 0.25) is 0 Å². The molecule has 2 aliphatic heterocycles. The van der Waals surface area contributed by atoms with Crippen LogP contribution >= 0.6 is 11.8 Å². The quantitative estimate of drug-likeness (QED) is 0.890. The molecule has 0 radical (unpaired) electrons. The van der Waals surface area contributed by atoms with E-state index < -0.39 is 5.60 Å². The summed E-state index contributed by atoms with van der Waals surface area (Å²) in [6.45, 7) is 0. The summed E-state index contributed by atoms with van der Waals surface area (Å²) >= 11 is 2.07. The third-order valence-corrected chi connectivity index (χ3v) is 5.64. The first-order valence-corrected chi connectivity index (χ1v) is 7.53. The van der Waals surface area contributed by atoms with Crippen molar-refractivity contribution in [2.75, 3.05) is 19.0 Å². The van der Waals surface area contributed by atoms with Crippen LogP contribution in [0.15, 0.2) is 18.3 Å². The lowest BCUT2D eigenvalue weighted by atomic mass is 9.87. The number of nitrogens with zero attached hydrogens (tertiary/aromatic N) is 2. The van der Waals surface area contributed by atoms with Gasteiger partial charge in [0.15, 0.2) is 0 Å². The normalized spacial score (nSPS) is 34.6. The molecule has 3 rings (SSSR count). The van der Waals surface area contributed by atoms with E-state index in [1.165, 1.54) is 12.8 Å². The minimum absolute atomic E-state index is 0.641. The zero-order valence-corrected chi connectivity index (χ0v) is 11.8. The molecule has 0 spiro atoms. The van der Waals surface area contributed by atoms with Gasteiger partial charge in [-0.3, -0.25) is 0 Å². The molecular formula is C14H20N2OS. The summed E-state index contributed by atoms with van der Waals surface area (Å²) in [5.41, 5.74) is 0.347. The van der Waals surface area contributed by atoms with Gasteiger partial charge in [0.05, 0.1) is 5.60 Å². The molecule has 2 aliphatic rings. The van der Waals surface area contributed by atoms with Gasteiger partial charge in [-0.2, -0.15) is 11.8 Å². The predicted molar refractivity (Wildman–Crippen MR) is 76.1 cm³/mol. The minimum atomic E-state index is -0.644. The highest BCUT2D eigenvalue weighted by molar-refractivity contribution is 8.00. The van der Waals surface area contributed by atoms with E-state index in [2.05, 4.69) is 16.7 Å². The Labute approximate surface area is 113 Å². The fraction of sp³-hybridized carbons (Fsp3) is 0.643. The van der Waals surface area contributed by atoms with Crippen LogP contribution in [0.5, 0.6) is 0 Å². The number of fused-ring (bicyclic) bond motifs is 2. The maximum absolute atomic E-state index is 10.9. The molecule has 2 bridgehead atoms. The fourth-order valence-electron chi connectivity index (χ4n) is 3.08. The molecule has 0 saturated carbocycles. The molecule has 2 fully saturated rings. The summed E-state index contributed by atoms with van der Waals surface area (Å²) in [6, 6.07) is 4.04. The SMILES string of the molecule is CN(C)c1ccc(C2(O)CC3CCC(C2)S3)cn1. The van der Waals surface area contributed by atoms with Crippen LogP contribution < -0.4 is 4.90 Å². The Morgan fingerprint density at radius 3 is 2.44 bits per heavy atom. The number of pyridine rings is 1. The van der Waals surface area contributed by atoms with E-state index >= 15 is 0 Å². The first-order chi connectivity index (χ1) is 8.57. The van der Waals surface area contributed by atoms with Crippen molar-refractivity contribution in [1.29, 1.82) is 0 Å². The lowest BCUT2D eigenvalue weighted by Gasteiger charge is -2.36. The molecule has 2 saturated heterocycles. The predicted octanol–water partition coefficient (Wildman–Crippen LogP) is 2.39. The van der Waals surface area contributed by atoms with Gasteiger partial charge in [-0.1, -0.05) is 6.07 Å². The van der Waals surface area contributed by atoms with Crippen LogP contribution in [0.4, 0.5) is 5.82 Å². The van der Waals surface area contributed by atoms with Gasteiger partial charge in [0, 0.05) is 36.4 Å². The van der Waals surface area contributed by atoms with E-state index in [1.807, 2.05) is 37.3 Å². The van der Waals surface area contributed by atoms with E-state index in [1.54, 1.807) is 0 Å². The number of hydrogen-bond acceptors (Lipinski definition) is 4. The molecule has 4 heteroatoms. The Morgan fingerprint density at radius 1 is 1.28 bits per heavy atom. The van der Waals surface area contributed by atoms with Gasteiger partial charge < -0.3 is 10.0 Å². The van der Waals surface area contributed by atoms with Crippen molar-refractivity contribution in [2.24, 2.45) is 0 Å². The molecule has 98 valence electrons. The number of thioether (sulfide) groups is 1. The van der Waals surface area contributed by atoms with E-state index in [9.17, 15) is 5.11 Å². The molecule has 3 heterocycles. The van der Waals surface area contributed by atoms with Crippen molar-refractivity contribution in [2.45, 2.75) is 41.8 Å². The van der Waals surface area contributed by atoms with Gasteiger partial charge in [0.1, 0.15) is 5.82 Å². The fourth-order valence-corrected chi connectivity index (χ4v) is 4.91. The summed E-state index contributed by atoms with van der Waals surface area (Å²) in [6.07, 6.45) is 6.15. The molecule has 18 heavy (non-hydrogen) atoms. The highest BCUT2D eigenvalue weighted by Crippen LogP contribution is 2.51. The summed E-state index contributed by atoms with van der Waals surface area (Å²) in [5.74, 6) is 0.940. The Hall–Kier alpha value is -0.740. The van der Waals surface area contributed by atoms with Crippen molar-refractivity contribution in [3.8, 4) is 0 Å². The highest BCUT2D eigenvalue weighted by Gasteiger charge is 2.44. The number of hydrogen-bond donors (Lipinski definition) is 1. The zero-order valence-electron chi connectivity index (χ0n) is 11.0. The molecular weight excluding hydrogens is 244 g/mol. The molecule has 2 unspecified atom stereocenters. The van der Waals surface area contributed by atoms with Crippen LogP contribution in [0.2, 0.25) is 0 Å². The Morgan fingerprint density at radius 2 is 1.94 bits per heavy atom. The molecule has 0 aromatic carbocycles. The van der Waals surface area contributed by atoms with Crippen LogP contribution in [0.25, 0.3) is 0 Å². The number of aromatic nitrogens is 1. The average molecular weight is 264 g/mol. The topological polar surface area (TPSA) is 36.4 Å². The van der Waals surface area contributed by atoms with Gasteiger partial charge in [-0.05, 0) is 31.7 Å². The monoisotopic (exact) mass is 264 g/mol. The molecule has 1 aromatic heterocycles. The van der Waals surface area contributed by atoms with Crippen LogP contribution in [0.1, 0.15) is 31.2 Å². The molecule has 0 amide bonds. The van der Waals surface area contributed by atoms with E-state index in [0.29, 0.717) is 10.5 Å². The van der Waals surface area contributed by atoms with Crippen LogP contribution in [-0.2, 0) is 5.60 Å². The third-order valence-electron chi connectivity index (χ3n) is 4.07. The Kier molecular flexibility index (Phi) is 3.02. The van der Waals surface area contributed by atoms with Crippen molar-refractivity contribution < 1.29 is 5.11 Å². The highest BCUT2D eigenvalue weighted by atomic mass is 32.2. The molecule has 1 aromatic rings. The molecule has 2 atom stereocenters. The second-order valence-electron chi connectivity index (χ2n) is 5.70. The van der Waals surface area contributed by atoms with Crippen molar-refractivity contribution in [3.63, 3.8) is 0 Å². The van der Waals surface area contributed by atoms with Gasteiger partial charge >= 0.3 is 0 Å². The molecule has 0 aliphatic carbocycles. The second kappa shape index (κ2) is 4.42. The van der Waals surface area contributed by atoms with Crippen LogP contribution in [0.3, 0.4) is 0 Å². The third kappa shape index (κ3) is 2.12. The average Bonchev–Trinajstić information content (AvgIpc) is 2.69. The van der Waals surface area contributed by atoms with E-state index in [4.69, 9.17) is 0 Å². The second-order valence-corrected chi connectivity index (χ2v) is 7.30. The summed E-state index contributed by atoms with van der Waals surface area (Å²) in [5, 5.41) is 12.2. The molecule has 1 N–H and O–H groups in total. The van der Waals surface area contributed by atoms with Gasteiger partial charge in [0.25, 0.3) is 0 Å². The van der Waals surface area contributed by atoms with E-state index in [-0.39, 0.29) is 0 Å². The standard InChI is InChI=1S/C14H20N2OS/c1-16(2)13-6-3-10(9-15-13)14(17)7-11-4-5-12(8-14)18-11/h3,6,9,11-12,17H,4-5,7-8H2,1-2H3. The lowest BCUT2D eigenvalue weighted by Crippen LogP contribution is -2.34. The molecule has 3 nitrogen and oxygen atoms in total. The maximum Gasteiger partial charge on any atom is 0.127 e. The first-order valence-electron chi connectivity index (χ1n) is 6.58. The zero-order chi connectivity index (χ0) is 12.8. The van der Waals surface area contributed by atoms with Crippen LogP contribution in [-0.4, -0.2) is 34.7 Å². The Balaban J connectivity index is 1.85. The van der Waals surface area contributed by atoms with E-state index in [0.717, 1.165) is 24.2 Å². The van der Waals surface area contributed by atoms with Crippen molar-refractivity contribution >= 4 is 17.6 Å². The Bertz CT molecular complexity index is 420. The van der Waals surface area contributed by atoms with Crippen LogP contribution in [0, 0.1) is 0 Å². The number of rotatable bonds is 2. The summed E-state index contributed by atoms with van der Waals surface area (Å²) < 4.78 is 0.